The summed E-state index contributed by atoms with van der Waals surface area (Å²) in [5.74, 6) is -0.389. The van der Waals surface area contributed by atoms with E-state index in [1.807, 2.05) is 6.07 Å². The van der Waals surface area contributed by atoms with Crippen LogP contribution in [0, 0.1) is 0 Å². The van der Waals surface area contributed by atoms with Gasteiger partial charge in [-0.1, -0.05) is 30.3 Å². The molecule has 0 atom stereocenters. The molecule has 1 amide bonds. The van der Waals surface area contributed by atoms with E-state index in [0.717, 1.165) is 0 Å². The number of hydrogen-bond acceptors (Lipinski definition) is 4. The molecular formula is C23H18N2O4. The fourth-order valence-electron chi connectivity index (χ4n) is 3.23. The van der Waals surface area contributed by atoms with E-state index in [-0.39, 0.29) is 11.3 Å². The smallest absolute Gasteiger partial charge is 0.272 e. The number of rotatable bonds is 4. The number of nitrogens with one attached hydrogen (secondary N) is 1. The molecule has 1 heterocycles. The van der Waals surface area contributed by atoms with Crippen molar-refractivity contribution < 1.29 is 14.6 Å². The SMILES string of the molecule is COc1ccc(NC(=O)c2c(O)c3ccccc3n(-c3ccccc3)c2=O)cc1. The number of hydrogen-bond donors (Lipinski definition) is 2. The fourth-order valence-corrected chi connectivity index (χ4v) is 3.23. The first-order valence-electron chi connectivity index (χ1n) is 8.97. The Hall–Kier alpha value is -4.06. The lowest BCUT2D eigenvalue weighted by Crippen LogP contribution is -2.29. The van der Waals surface area contributed by atoms with Crippen molar-refractivity contribution in [1.82, 2.24) is 4.57 Å². The van der Waals surface area contributed by atoms with E-state index < -0.39 is 11.5 Å². The van der Waals surface area contributed by atoms with Crippen molar-refractivity contribution in [1.29, 1.82) is 0 Å². The van der Waals surface area contributed by atoms with Crippen LogP contribution < -0.4 is 15.6 Å². The lowest BCUT2D eigenvalue weighted by molar-refractivity contribution is 0.102. The second kappa shape index (κ2) is 7.52. The van der Waals surface area contributed by atoms with Crippen molar-refractivity contribution in [2.75, 3.05) is 12.4 Å². The first-order chi connectivity index (χ1) is 14.1. The van der Waals surface area contributed by atoms with Gasteiger partial charge in [0.25, 0.3) is 11.5 Å². The molecule has 0 unspecified atom stereocenters. The third-order valence-electron chi connectivity index (χ3n) is 4.64. The number of anilines is 1. The Morgan fingerprint density at radius 1 is 0.931 bits per heavy atom. The number of amides is 1. The molecule has 0 aliphatic carbocycles. The highest BCUT2D eigenvalue weighted by Crippen LogP contribution is 2.28. The second-order valence-electron chi connectivity index (χ2n) is 6.40. The minimum Gasteiger partial charge on any atom is -0.506 e. The van der Waals surface area contributed by atoms with Crippen LogP contribution in [0.15, 0.2) is 83.7 Å². The summed E-state index contributed by atoms with van der Waals surface area (Å²) in [6.07, 6.45) is 0. The van der Waals surface area contributed by atoms with Gasteiger partial charge in [0.1, 0.15) is 17.1 Å². The molecule has 144 valence electrons. The van der Waals surface area contributed by atoms with Gasteiger partial charge in [0, 0.05) is 16.8 Å². The van der Waals surface area contributed by atoms with Gasteiger partial charge in [-0.3, -0.25) is 14.2 Å². The van der Waals surface area contributed by atoms with Crippen molar-refractivity contribution in [2.24, 2.45) is 0 Å². The quantitative estimate of drug-likeness (QED) is 0.556. The number of fused-ring (bicyclic) bond motifs is 1. The number of aromatic hydroxyl groups is 1. The topological polar surface area (TPSA) is 80.6 Å². The molecule has 0 saturated carbocycles. The summed E-state index contributed by atoms with van der Waals surface area (Å²) in [4.78, 5) is 26.2. The summed E-state index contributed by atoms with van der Waals surface area (Å²) < 4.78 is 6.53. The van der Waals surface area contributed by atoms with Crippen LogP contribution in [0.3, 0.4) is 0 Å². The molecule has 0 radical (unpaired) electrons. The van der Waals surface area contributed by atoms with Crippen molar-refractivity contribution in [3.8, 4) is 17.2 Å². The number of pyridine rings is 1. The molecule has 0 aliphatic heterocycles. The molecular weight excluding hydrogens is 368 g/mol. The van der Waals surface area contributed by atoms with Crippen molar-refractivity contribution >= 4 is 22.5 Å². The largest absolute Gasteiger partial charge is 0.506 e. The zero-order valence-corrected chi connectivity index (χ0v) is 15.6. The van der Waals surface area contributed by atoms with Gasteiger partial charge in [0.15, 0.2) is 0 Å². The average molecular weight is 386 g/mol. The van der Waals surface area contributed by atoms with E-state index >= 15 is 0 Å². The highest BCUT2D eigenvalue weighted by atomic mass is 16.5. The van der Waals surface area contributed by atoms with Crippen molar-refractivity contribution in [2.45, 2.75) is 0 Å². The van der Waals surface area contributed by atoms with E-state index in [1.165, 1.54) is 4.57 Å². The summed E-state index contributed by atoms with van der Waals surface area (Å²) >= 11 is 0. The first kappa shape index (κ1) is 18.3. The minimum atomic E-state index is -0.687. The molecule has 0 fully saturated rings. The highest BCUT2D eigenvalue weighted by Gasteiger charge is 2.23. The standard InChI is InChI=1S/C23H18N2O4/c1-29-17-13-11-15(12-14-17)24-22(27)20-21(26)18-9-5-6-10-19(18)25(23(20)28)16-7-3-2-4-8-16/h2-14,26H,1H3,(H,24,27). The van der Waals surface area contributed by atoms with Crippen LogP contribution in [-0.4, -0.2) is 22.7 Å². The van der Waals surface area contributed by atoms with Gasteiger partial charge < -0.3 is 15.2 Å². The van der Waals surface area contributed by atoms with Gasteiger partial charge in [-0.05, 0) is 48.5 Å². The molecule has 6 nitrogen and oxygen atoms in total. The number of benzene rings is 3. The van der Waals surface area contributed by atoms with Crippen LogP contribution in [0.5, 0.6) is 11.5 Å². The number of aromatic nitrogens is 1. The lowest BCUT2D eigenvalue weighted by atomic mass is 10.1. The predicted molar refractivity (Wildman–Crippen MR) is 112 cm³/mol. The molecule has 3 aromatic carbocycles. The van der Waals surface area contributed by atoms with Crippen LogP contribution in [0.25, 0.3) is 16.6 Å². The predicted octanol–water partition coefficient (Wildman–Crippen LogP) is 3.96. The Morgan fingerprint density at radius 3 is 2.28 bits per heavy atom. The molecule has 0 saturated heterocycles. The first-order valence-corrected chi connectivity index (χ1v) is 8.97. The second-order valence-corrected chi connectivity index (χ2v) is 6.40. The number of nitrogens with zero attached hydrogens (tertiary/aromatic N) is 1. The highest BCUT2D eigenvalue weighted by molar-refractivity contribution is 6.09. The van der Waals surface area contributed by atoms with E-state index in [9.17, 15) is 14.7 Å². The van der Waals surface area contributed by atoms with Crippen LogP contribution >= 0.6 is 0 Å². The molecule has 0 bridgehead atoms. The van der Waals surface area contributed by atoms with Crippen LogP contribution in [0.4, 0.5) is 5.69 Å². The van der Waals surface area contributed by atoms with E-state index in [4.69, 9.17) is 4.74 Å². The average Bonchev–Trinajstić information content (AvgIpc) is 2.75. The van der Waals surface area contributed by atoms with Gasteiger partial charge in [-0.15, -0.1) is 0 Å². The molecule has 29 heavy (non-hydrogen) atoms. The van der Waals surface area contributed by atoms with E-state index in [1.54, 1.807) is 79.9 Å². The normalized spacial score (nSPS) is 10.7. The van der Waals surface area contributed by atoms with Crippen LogP contribution in [0.2, 0.25) is 0 Å². The summed E-state index contributed by atoms with van der Waals surface area (Å²) in [5.41, 5.74) is 0.685. The summed E-state index contributed by atoms with van der Waals surface area (Å²) in [5, 5.41) is 13.8. The summed E-state index contributed by atoms with van der Waals surface area (Å²) in [7, 11) is 1.55. The molecule has 6 heteroatoms. The summed E-state index contributed by atoms with van der Waals surface area (Å²) in [6, 6.07) is 22.6. The number of carbonyl (C=O) groups is 1. The van der Waals surface area contributed by atoms with Gasteiger partial charge in [-0.2, -0.15) is 0 Å². The molecule has 4 rings (SSSR count). The monoisotopic (exact) mass is 386 g/mol. The number of methoxy groups -OCH3 is 1. The number of para-hydroxylation sites is 2. The molecule has 0 aliphatic rings. The fraction of sp³-hybridized carbons (Fsp3) is 0.0435. The van der Waals surface area contributed by atoms with Crippen molar-refractivity contribution in [3.05, 3.63) is 94.8 Å². The maximum Gasteiger partial charge on any atom is 0.272 e. The Balaban J connectivity index is 1.88. The zero-order chi connectivity index (χ0) is 20.4. The maximum absolute atomic E-state index is 13.3. The third kappa shape index (κ3) is 3.32. The van der Waals surface area contributed by atoms with Gasteiger partial charge in [-0.25, -0.2) is 0 Å². The number of carbonyl (C=O) groups excluding carboxylic acids is 1. The molecule has 0 spiro atoms. The Kier molecular flexibility index (Phi) is 4.75. The summed E-state index contributed by atoms with van der Waals surface area (Å²) in [6.45, 7) is 0. The lowest BCUT2D eigenvalue weighted by Gasteiger charge is -2.15. The van der Waals surface area contributed by atoms with Crippen LogP contribution in [-0.2, 0) is 0 Å². The Morgan fingerprint density at radius 2 is 1.59 bits per heavy atom. The Bertz CT molecular complexity index is 1250. The minimum absolute atomic E-state index is 0.316. The molecule has 2 N–H and O–H groups in total. The van der Waals surface area contributed by atoms with E-state index in [0.29, 0.717) is 28.0 Å². The zero-order valence-electron chi connectivity index (χ0n) is 15.6. The van der Waals surface area contributed by atoms with Gasteiger partial charge in [0.05, 0.1) is 12.6 Å². The number of ether oxygens (including phenoxy) is 1. The van der Waals surface area contributed by atoms with Crippen molar-refractivity contribution in [3.63, 3.8) is 0 Å². The maximum atomic E-state index is 13.3. The van der Waals surface area contributed by atoms with E-state index in [2.05, 4.69) is 5.32 Å². The molecule has 1 aromatic heterocycles. The molecule has 4 aromatic rings. The van der Waals surface area contributed by atoms with Gasteiger partial charge in [0.2, 0.25) is 0 Å². The Labute approximate surface area is 166 Å². The van der Waals surface area contributed by atoms with Gasteiger partial charge >= 0.3 is 0 Å². The third-order valence-corrected chi connectivity index (χ3v) is 4.64. The van der Waals surface area contributed by atoms with Crippen LogP contribution in [0.1, 0.15) is 10.4 Å².